The van der Waals surface area contributed by atoms with E-state index in [-0.39, 0.29) is 24.6 Å². The van der Waals surface area contributed by atoms with Gasteiger partial charge in [0.15, 0.2) is 0 Å². The first kappa shape index (κ1) is 24.0. The molecule has 8 heteroatoms. The highest BCUT2D eigenvalue weighted by atomic mass is 35.5. The Morgan fingerprint density at radius 2 is 1.75 bits per heavy atom. The summed E-state index contributed by atoms with van der Waals surface area (Å²) in [6, 6.07) is 14.0. The van der Waals surface area contributed by atoms with Gasteiger partial charge in [-0.2, -0.15) is 4.31 Å². The Balaban J connectivity index is 2.03. The van der Waals surface area contributed by atoms with E-state index < -0.39 is 16.0 Å². The summed E-state index contributed by atoms with van der Waals surface area (Å²) in [5.74, 6) is -0.456. The summed E-state index contributed by atoms with van der Waals surface area (Å²) in [7, 11) is -3.87. The van der Waals surface area contributed by atoms with Crippen LogP contribution in [0.2, 0.25) is 5.02 Å². The van der Waals surface area contributed by atoms with Crippen molar-refractivity contribution in [2.45, 2.75) is 45.7 Å². The molecule has 0 amide bonds. The van der Waals surface area contributed by atoms with Crippen molar-refractivity contribution in [2.24, 2.45) is 0 Å². The number of nitrogens with zero attached hydrogens (tertiary/aromatic N) is 1. The van der Waals surface area contributed by atoms with Crippen molar-refractivity contribution < 1.29 is 17.9 Å². The quantitative estimate of drug-likeness (QED) is 0.457. The Morgan fingerprint density at radius 1 is 1.06 bits per heavy atom. The second-order valence-electron chi connectivity index (χ2n) is 7.67. The average molecular weight is 475 g/mol. The van der Waals surface area contributed by atoms with E-state index in [9.17, 15) is 13.2 Å². The van der Waals surface area contributed by atoms with Crippen LogP contribution in [0.5, 0.6) is 0 Å². The first-order valence-electron chi connectivity index (χ1n) is 10.3. The largest absolute Gasteiger partial charge is 0.461 e. The molecule has 170 valence electrons. The van der Waals surface area contributed by atoms with Gasteiger partial charge in [-0.05, 0) is 62.6 Å². The van der Waals surface area contributed by atoms with E-state index in [2.05, 4.69) is 4.98 Å². The molecule has 0 aliphatic heterocycles. The minimum absolute atomic E-state index is 0.0935. The number of benzene rings is 2. The number of halogens is 1. The Hall–Kier alpha value is -2.61. The van der Waals surface area contributed by atoms with E-state index in [0.29, 0.717) is 16.3 Å². The zero-order valence-electron chi connectivity index (χ0n) is 18.6. The molecule has 3 rings (SSSR count). The van der Waals surface area contributed by atoms with Crippen molar-refractivity contribution in [3.05, 3.63) is 87.2 Å². The molecule has 1 N–H and O–H groups in total. The fourth-order valence-electron chi connectivity index (χ4n) is 3.51. The number of hydrogen-bond acceptors (Lipinski definition) is 4. The Bertz CT molecular complexity index is 1220. The predicted octanol–water partition coefficient (Wildman–Crippen LogP) is 5.16. The lowest BCUT2D eigenvalue weighted by Gasteiger charge is -2.23. The zero-order chi connectivity index (χ0) is 23.5. The van der Waals surface area contributed by atoms with Gasteiger partial charge in [-0.3, -0.25) is 0 Å². The lowest BCUT2D eigenvalue weighted by molar-refractivity contribution is 0.0519. The second-order valence-corrected chi connectivity index (χ2v) is 10.0. The van der Waals surface area contributed by atoms with Crippen molar-refractivity contribution in [2.75, 3.05) is 6.61 Å². The van der Waals surface area contributed by atoms with Crippen molar-refractivity contribution in [1.29, 1.82) is 0 Å². The Kier molecular flexibility index (Phi) is 7.44. The van der Waals surface area contributed by atoms with Crippen LogP contribution in [0.1, 0.15) is 45.4 Å². The van der Waals surface area contributed by atoms with Crippen LogP contribution >= 0.6 is 11.6 Å². The summed E-state index contributed by atoms with van der Waals surface area (Å²) in [6.45, 7) is 7.86. The van der Waals surface area contributed by atoms with Crippen molar-refractivity contribution >= 4 is 27.6 Å². The highest BCUT2D eigenvalue weighted by Crippen LogP contribution is 2.27. The number of carbonyl (C=O) groups is 1. The molecular formula is C24H27ClN2O4S. The summed E-state index contributed by atoms with van der Waals surface area (Å²) in [6.07, 6.45) is 0. The minimum Gasteiger partial charge on any atom is -0.461 e. The van der Waals surface area contributed by atoms with Crippen molar-refractivity contribution in [1.82, 2.24) is 9.29 Å². The van der Waals surface area contributed by atoms with Crippen LogP contribution in [0.4, 0.5) is 0 Å². The maximum atomic E-state index is 13.6. The number of sulfonamides is 1. The van der Waals surface area contributed by atoms with E-state index in [4.69, 9.17) is 16.3 Å². The molecular weight excluding hydrogens is 448 g/mol. The molecule has 0 aliphatic rings. The molecule has 0 saturated carbocycles. The van der Waals surface area contributed by atoms with Gasteiger partial charge in [0.05, 0.1) is 11.5 Å². The smallest absolute Gasteiger partial charge is 0.355 e. The zero-order valence-corrected chi connectivity index (χ0v) is 20.2. The van der Waals surface area contributed by atoms with Gasteiger partial charge in [0.2, 0.25) is 10.0 Å². The van der Waals surface area contributed by atoms with E-state index in [1.54, 1.807) is 26.0 Å². The van der Waals surface area contributed by atoms with Gasteiger partial charge >= 0.3 is 5.97 Å². The van der Waals surface area contributed by atoms with Crippen LogP contribution in [-0.4, -0.2) is 30.3 Å². The fraction of sp³-hybridized carbons (Fsp3) is 0.292. The van der Waals surface area contributed by atoms with Crippen LogP contribution in [0.3, 0.4) is 0 Å². The van der Waals surface area contributed by atoms with E-state index in [1.807, 2.05) is 38.1 Å². The highest BCUT2D eigenvalue weighted by molar-refractivity contribution is 7.89. The van der Waals surface area contributed by atoms with Gasteiger partial charge in [0.25, 0.3) is 0 Å². The van der Waals surface area contributed by atoms with Gasteiger partial charge in [-0.1, -0.05) is 47.5 Å². The van der Waals surface area contributed by atoms with Crippen molar-refractivity contribution in [3.63, 3.8) is 0 Å². The van der Waals surface area contributed by atoms with Gasteiger partial charge < -0.3 is 9.72 Å². The van der Waals surface area contributed by atoms with Crippen LogP contribution in [0, 0.1) is 20.8 Å². The standard InChI is InChI=1S/C24H27ClN2O4S/c1-5-31-24(28)23-17(3)22(18(4)26-23)15-27(14-19-11-9-16(2)10-12-19)32(29,30)21-8-6-7-20(25)13-21/h6-13,26H,5,14-15H2,1-4H3. The molecule has 0 saturated heterocycles. The van der Waals surface area contributed by atoms with E-state index >= 15 is 0 Å². The molecule has 0 radical (unpaired) electrons. The van der Waals surface area contributed by atoms with Crippen LogP contribution in [0.25, 0.3) is 0 Å². The molecule has 1 aromatic heterocycles. The molecule has 0 bridgehead atoms. The molecule has 6 nitrogen and oxygen atoms in total. The lowest BCUT2D eigenvalue weighted by atomic mass is 10.1. The third kappa shape index (κ3) is 5.23. The highest BCUT2D eigenvalue weighted by Gasteiger charge is 2.28. The first-order chi connectivity index (χ1) is 15.1. The molecule has 3 aromatic rings. The van der Waals surface area contributed by atoms with Crippen molar-refractivity contribution in [3.8, 4) is 0 Å². The summed E-state index contributed by atoms with van der Waals surface area (Å²) in [5, 5.41) is 0.347. The number of aromatic nitrogens is 1. The Labute approximate surface area is 194 Å². The van der Waals surface area contributed by atoms with Crippen LogP contribution < -0.4 is 0 Å². The van der Waals surface area contributed by atoms with Gasteiger partial charge in [0.1, 0.15) is 5.69 Å². The number of aryl methyl sites for hydroxylation is 2. The fourth-order valence-corrected chi connectivity index (χ4v) is 5.21. The molecule has 2 aromatic carbocycles. The van der Waals surface area contributed by atoms with Crippen LogP contribution in [-0.2, 0) is 27.8 Å². The molecule has 0 unspecified atom stereocenters. The third-order valence-corrected chi connectivity index (χ3v) is 7.34. The molecule has 0 aliphatic carbocycles. The summed E-state index contributed by atoms with van der Waals surface area (Å²) in [5.41, 5.74) is 4.43. The molecule has 0 spiro atoms. The van der Waals surface area contributed by atoms with Gasteiger partial charge in [-0.25, -0.2) is 13.2 Å². The van der Waals surface area contributed by atoms with E-state index in [0.717, 1.165) is 22.4 Å². The summed E-state index contributed by atoms with van der Waals surface area (Å²) < 4.78 is 33.7. The molecule has 0 atom stereocenters. The number of nitrogens with one attached hydrogen (secondary N) is 1. The number of H-pyrrole nitrogens is 1. The second kappa shape index (κ2) is 9.90. The lowest BCUT2D eigenvalue weighted by Crippen LogP contribution is -2.30. The monoisotopic (exact) mass is 474 g/mol. The first-order valence-corrected chi connectivity index (χ1v) is 12.1. The summed E-state index contributed by atoms with van der Waals surface area (Å²) >= 11 is 6.07. The number of esters is 1. The number of ether oxygens (including phenoxy) is 1. The summed E-state index contributed by atoms with van der Waals surface area (Å²) in [4.78, 5) is 15.5. The number of carbonyl (C=O) groups excluding carboxylic acids is 1. The topological polar surface area (TPSA) is 79.5 Å². The molecule has 32 heavy (non-hydrogen) atoms. The number of aromatic amines is 1. The van der Waals surface area contributed by atoms with Crippen LogP contribution in [0.15, 0.2) is 53.4 Å². The molecule has 0 fully saturated rings. The van der Waals surface area contributed by atoms with Gasteiger partial charge in [0, 0.05) is 23.8 Å². The average Bonchev–Trinajstić information content (AvgIpc) is 3.03. The Morgan fingerprint density at radius 3 is 2.38 bits per heavy atom. The third-order valence-electron chi connectivity index (χ3n) is 5.32. The number of rotatable bonds is 8. The predicted molar refractivity (Wildman–Crippen MR) is 125 cm³/mol. The minimum atomic E-state index is -3.87. The maximum Gasteiger partial charge on any atom is 0.355 e. The maximum absolute atomic E-state index is 13.6. The SMILES string of the molecule is CCOC(=O)c1[nH]c(C)c(CN(Cc2ccc(C)cc2)S(=O)(=O)c2cccc(Cl)c2)c1C. The van der Waals surface area contributed by atoms with E-state index in [1.165, 1.54) is 16.4 Å². The molecule has 1 heterocycles. The number of hydrogen-bond donors (Lipinski definition) is 1. The van der Waals surface area contributed by atoms with Gasteiger partial charge in [-0.15, -0.1) is 0 Å². The normalized spacial score (nSPS) is 11.7.